The summed E-state index contributed by atoms with van der Waals surface area (Å²) in [4.78, 5) is 14.0. The molecule has 0 aromatic rings. The predicted octanol–water partition coefficient (Wildman–Crippen LogP) is 3.46. The summed E-state index contributed by atoms with van der Waals surface area (Å²) in [6, 6.07) is 0.557. The smallest absolute Gasteiger partial charge is 0.225 e. The Bertz CT molecular complexity index is 227. The van der Waals surface area contributed by atoms with E-state index in [0.717, 1.165) is 12.3 Å². The third kappa shape index (κ3) is 2.78. The van der Waals surface area contributed by atoms with Crippen molar-refractivity contribution in [1.29, 1.82) is 0 Å². The SMILES string of the molecule is CC.CC1CCC2CCCCC2N(C)C1=O. The average molecular weight is 225 g/mol. The van der Waals surface area contributed by atoms with E-state index in [-0.39, 0.29) is 5.92 Å². The molecule has 1 amide bonds. The number of carbonyl (C=O) groups excluding carboxylic acids is 1. The van der Waals surface area contributed by atoms with Gasteiger partial charge in [-0.25, -0.2) is 0 Å². The largest absolute Gasteiger partial charge is 0.342 e. The van der Waals surface area contributed by atoms with Crippen LogP contribution in [0.1, 0.15) is 59.3 Å². The molecule has 2 nitrogen and oxygen atoms in total. The molecule has 0 spiro atoms. The minimum absolute atomic E-state index is 0.255. The fraction of sp³-hybridized carbons (Fsp3) is 0.929. The Morgan fingerprint density at radius 1 is 1.06 bits per heavy atom. The lowest BCUT2D eigenvalue weighted by Crippen LogP contribution is -2.42. The fourth-order valence-corrected chi connectivity index (χ4v) is 3.13. The summed E-state index contributed by atoms with van der Waals surface area (Å²) in [5, 5.41) is 0. The van der Waals surface area contributed by atoms with Gasteiger partial charge in [0.15, 0.2) is 0 Å². The first-order valence-electron chi connectivity index (χ1n) is 6.97. The van der Waals surface area contributed by atoms with Crippen LogP contribution in [0.25, 0.3) is 0 Å². The van der Waals surface area contributed by atoms with E-state index in [1.807, 2.05) is 25.8 Å². The zero-order chi connectivity index (χ0) is 12.1. The Hall–Kier alpha value is -0.530. The van der Waals surface area contributed by atoms with Gasteiger partial charge in [0.05, 0.1) is 0 Å². The standard InChI is InChI=1S/C12H21NO.C2H6/c1-9-7-8-10-5-3-4-6-11(10)13(2)12(9)14;1-2/h9-11H,3-8H2,1-2H3;1-2H3. The molecule has 2 heteroatoms. The Balaban J connectivity index is 0.000000606. The molecular weight excluding hydrogens is 198 g/mol. The highest BCUT2D eigenvalue weighted by Gasteiger charge is 2.35. The topological polar surface area (TPSA) is 20.3 Å². The molecule has 3 atom stereocenters. The summed E-state index contributed by atoms with van der Waals surface area (Å²) in [6.07, 6.45) is 7.63. The monoisotopic (exact) mass is 225 g/mol. The van der Waals surface area contributed by atoms with Gasteiger partial charge in [0, 0.05) is 19.0 Å². The maximum absolute atomic E-state index is 11.9. The highest BCUT2D eigenvalue weighted by Crippen LogP contribution is 2.35. The lowest BCUT2D eigenvalue weighted by molar-refractivity contribution is -0.135. The first kappa shape index (κ1) is 13.5. The predicted molar refractivity (Wildman–Crippen MR) is 68.3 cm³/mol. The summed E-state index contributed by atoms with van der Waals surface area (Å²) in [5.74, 6) is 1.42. The van der Waals surface area contributed by atoms with Crippen molar-refractivity contribution < 1.29 is 4.79 Å². The molecule has 3 unspecified atom stereocenters. The summed E-state index contributed by atoms with van der Waals surface area (Å²) in [7, 11) is 2.01. The van der Waals surface area contributed by atoms with Crippen LogP contribution in [0.5, 0.6) is 0 Å². The molecule has 16 heavy (non-hydrogen) atoms. The number of likely N-dealkylation sites (tertiary alicyclic amines) is 1. The van der Waals surface area contributed by atoms with Crippen LogP contribution in [0.2, 0.25) is 0 Å². The summed E-state index contributed by atoms with van der Waals surface area (Å²) in [5.41, 5.74) is 0. The lowest BCUT2D eigenvalue weighted by Gasteiger charge is -2.36. The number of hydrogen-bond donors (Lipinski definition) is 0. The number of amides is 1. The number of rotatable bonds is 0. The zero-order valence-electron chi connectivity index (χ0n) is 11.3. The van der Waals surface area contributed by atoms with Crippen molar-refractivity contribution >= 4 is 5.91 Å². The van der Waals surface area contributed by atoms with Gasteiger partial charge in [-0.05, 0) is 31.6 Å². The lowest BCUT2D eigenvalue weighted by atomic mass is 9.81. The summed E-state index contributed by atoms with van der Waals surface area (Å²) >= 11 is 0. The number of hydrogen-bond acceptors (Lipinski definition) is 1. The van der Waals surface area contributed by atoms with Crippen molar-refractivity contribution in [2.45, 2.75) is 65.3 Å². The first-order valence-corrected chi connectivity index (χ1v) is 6.97. The van der Waals surface area contributed by atoms with Crippen LogP contribution in [0.4, 0.5) is 0 Å². The van der Waals surface area contributed by atoms with Crippen molar-refractivity contribution in [1.82, 2.24) is 4.90 Å². The molecule has 2 rings (SSSR count). The quantitative estimate of drug-likeness (QED) is 0.618. The highest BCUT2D eigenvalue weighted by molar-refractivity contribution is 5.78. The van der Waals surface area contributed by atoms with Gasteiger partial charge in [0.25, 0.3) is 0 Å². The van der Waals surface area contributed by atoms with Gasteiger partial charge in [-0.3, -0.25) is 4.79 Å². The molecule has 0 bridgehead atoms. The van der Waals surface area contributed by atoms with Gasteiger partial charge < -0.3 is 4.90 Å². The molecule has 94 valence electrons. The maximum Gasteiger partial charge on any atom is 0.225 e. The molecule has 0 aromatic carbocycles. The van der Waals surface area contributed by atoms with Crippen LogP contribution in [-0.2, 0) is 4.79 Å². The van der Waals surface area contributed by atoms with Crippen LogP contribution in [0.15, 0.2) is 0 Å². The Labute approximate surface area is 100 Å². The molecule has 1 heterocycles. The Kier molecular flexibility index (Phi) is 5.30. The molecule has 1 aliphatic carbocycles. The Morgan fingerprint density at radius 3 is 2.38 bits per heavy atom. The number of nitrogens with zero attached hydrogens (tertiary/aromatic N) is 1. The van der Waals surface area contributed by atoms with E-state index in [4.69, 9.17) is 0 Å². The van der Waals surface area contributed by atoms with Crippen LogP contribution in [0.3, 0.4) is 0 Å². The normalized spacial score (nSPS) is 34.6. The molecule has 2 fully saturated rings. The molecule has 1 saturated carbocycles. The molecule has 1 aliphatic heterocycles. The molecule has 2 aliphatic rings. The van der Waals surface area contributed by atoms with E-state index in [9.17, 15) is 4.79 Å². The summed E-state index contributed by atoms with van der Waals surface area (Å²) in [6.45, 7) is 6.08. The second-order valence-electron chi connectivity index (χ2n) is 5.04. The number of carbonyl (C=O) groups is 1. The average Bonchev–Trinajstić information content (AvgIpc) is 2.46. The van der Waals surface area contributed by atoms with E-state index >= 15 is 0 Å². The summed E-state index contributed by atoms with van der Waals surface area (Å²) < 4.78 is 0. The van der Waals surface area contributed by atoms with Gasteiger partial charge in [0.2, 0.25) is 5.91 Å². The first-order chi connectivity index (χ1) is 7.70. The zero-order valence-corrected chi connectivity index (χ0v) is 11.3. The van der Waals surface area contributed by atoms with E-state index < -0.39 is 0 Å². The van der Waals surface area contributed by atoms with E-state index in [1.165, 1.54) is 32.1 Å². The minimum Gasteiger partial charge on any atom is -0.342 e. The van der Waals surface area contributed by atoms with Crippen LogP contribution < -0.4 is 0 Å². The van der Waals surface area contributed by atoms with Crippen LogP contribution >= 0.6 is 0 Å². The molecule has 0 N–H and O–H groups in total. The molecule has 1 saturated heterocycles. The van der Waals surface area contributed by atoms with Crippen molar-refractivity contribution in [2.24, 2.45) is 11.8 Å². The minimum atomic E-state index is 0.255. The van der Waals surface area contributed by atoms with Crippen molar-refractivity contribution in [3.63, 3.8) is 0 Å². The van der Waals surface area contributed by atoms with Gasteiger partial charge in [-0.1, -0.05) is 33.6 Å². The third-order valence-electron chi connectivity index (χ3n) is 4.11. The fourth-order valence-electron chi connectivity index (χ4n) is 3.13. The van der Waals surface area contributed by atoms with Crippen molar-refractivity contribution in [2.75, 3.05) is 7.05 Å². The van der Waals surface area contributed by atoms with Crippen molar-refractivity contribution in [3.8, 4) is 0 Å². The van der Waals surface area contributed by atoms with Gasteiger partial charge in [0.1, 0.15) is 0 Å². The van der Waals surface area contributed by atoms with Crippen LogP contribution in [0, 0.1) is 11.8 Å². The second kappa shape index (κ2) is 6.27. The second-order valence-corrected chi connectivity index (χ2v) is 5.04. The molecule has 0 aromatic heterocycles. The van der Waals surface area contributed by atoms with Crippen LogP contribution in [-0.4, -0.2) is 23.9 Å². The number of fused-ring (bicyclic) bond motifs is 1. The highest BCUT2D eigenvalue weighted by atomic mass is 16.2. The third-order valence-corrected chi connectivity index (χ3v) is 4.11. The van der Waals surface area contributed by atoms with Gasteiger partial charge in [-0.15, -0.1) is 0 Å². The van der Waals surface area contributed by atoms with E-state index in [2.05, 4.69) is 6.92 Å². The van der Waals surface area contributed by atoms with Crippen molar-refractivity contribution in [3.05, 3.63) is 0 Å². The van der Waals surface area contributed by atoms with Gasteiger partial charge >= 0.3 is 0 Å². The molecule has 0 radical (unpaired) electrons. The molecular formula is C14H27NO. The Morgan fingerprint density at radius 2 is 1.69 bits per heavy atom. The van der Waals surface area contributed by atoms with E-state index in [1.54, 1.807) is 0 Å². The van der Waals surface area contributed by atoms with E-state index in [0.29, 0.717) is 11.9 Å². The van der Waals surface area contributed by atoms with Gasteiger partial charge in [-0.2, -0.15) is 0 Å². The maximum atomic E-state index is 11.9.